The van der Waals surface area contributed by atoms with E-state index >= 15 is 0 Å². The summed E-state index contributed by atoms with van der Waals surface area (Å²) in [7, 11) is 0. The molecule has 2 aromatic rings. The third-order valence-electron chi connectivity index (χ3n) is 3.36. The summed E-state index contributed by atoms with van der Waals surface area (Å²) < 4.78 is 6.01. The fourth-order valence-corrected chi connectivity index (χ4v) is 2.32. The molecule has 1 N–H and O–H groups in total. The minimum Gasteiger partial charge on any atom is -0.490 e. The molecule has 0 aliphatic carbocycles. The van der Waals surface area contributed by atoms with Crippen LogP contribution in [0.4, 0.5) is 0 Å². The van der Waals surface area contributed by atoms with E-state index in [9.17, 15) is 0 Å². The molecule has 0 bridgehead atoms. The Bertz CT molecular complexity index is 522. The molecule has 1 heterocycles. The number of benzene rings is 1. The molecule has 1 atom stereocenters. The van der Waals surface area contributed by atoms with Gasteiger partial charge in [0.25, 0.3) is 0 Å². The maximum absolute atomic E-state index is 6.01. The van der Waals surface area contributed by atoms with Crippen LogP contribution in [0.15, 0.2) is 36.5 Å². The van der Waals surface area contributed by atoms with Crippen molar-refractivity contribution in [1.82, 2.24) is 10.3 Å². The van der Waals surface area contributed by atoms with E-state index in [-0.39, 0.29) is 0 Å². The number of nitrogens with one attached hydrogen (secondary N) is 1. The monoisotopic (exact) mass is 272 g/mol. The highest BCUT2D eigenvalue weighted by Crippen LogP contribution is 2.23. The number of hydrogen-bond donors (Lipinski definition) is 1. The number of hydrogen-bond acceptors (Lipinski definition) is 3. The van der Waals surface area contributed by atoms with Gasteiger partial charge in [-0.05, 0) is 31.5 Å². The quantitative estimate of drug-likeness (QED) is 0.794. The number of para-hydroxylation sites is 1. The Morgan fingerprint density at radius 1 is 1.15 bits per heavy atom. The van der Waals surface area contributed by atoms with Crippen molar-refractivity contribution in [3.63, 3.8) is 0 Å². The Hall–Kier alpha value is -1.61. The first-order valence-electron chi connectivity index (χ1n) is 7.55. The van der Waals surface area contributed by atoms with Gasteiger partial charge < -0.3 is 10.1 Å². The van der Waals surface area contributed by atoms with Crippen LogP contribution in [0.3, 0.4) is 0 Å². The van der Waals surface area contributed by atoms with Crippen molar-refractivity contribution < 1.29 is 4.74 Å². The van der Waals surface area contributed by atoms with Gasteiger partial charge in [-0.2, -0.15) is 0 Å². The molecule has 0 saturated carbocycles. The zero-order chi connectivity index (χ0) is 14.2. The number of rotatable bonds is 8. The van der Waals surface area contributed by atoms with Crippen molar-refractivity contribution in [3.05, 3.63) is 36.5 Å². The molecular weight excluding hydrogens is 248 g/mol. The highest BCUT2D eigenvalue weighted by atomic mass is 16.5. The molecular formula is C17H24N2O. The van der Waals surface area contributed by atoms with Crippen LogP contribution in [0.1, 0.15) is 33.1 Å². The average molecular weight is 272 g/mol. The summed E-state index contributed by atoms with van der Waals surface area (Å²) in [6.45, 7) is 6.14. The van der Waals surface area contributed by atoms with Gasteiger partial charge in [-0.15, -0.1) is 0 Å². The fourth-order valence-electron chi connectivity index (χ4n) is 2.32. The van der Waals surface area contributed by atoms with Crippen LogP contribution < -0.4 is 10.1 Å². The van der Waals surface area contributed by atoms with E-state index in [1.165, 1.54) is 6.42 Å². The Morgan fingerprint density at radius 3 is 2.80 bits per heavy atom. The smallest absolute Gasteiger partial charge is 0.145 e. The lowest BCUT2D eigenvalue weighted by molar-refractivity contribution is 0.258. The highest BCUT2D eigenvalue weighted by Gasteiger charge is 2.09. The Balaban J connectivity index is 2.03. The first-order valence-corrected chi connectivity index (χ1v) is 7.55. The van der Waals surface area contributed by atoms with Crippen LogP contribution in [0.2, 0.25) is 0 Å². The fraction of sp³-hybridized carbons (Fsp3) is 0.471. The molecule has 0 amide bonds. The minimum absolute atomic E-state index is 0.416. The van der Waals surface area contributed by atoms with Crippen LogP contribution in [-0.4, -0.2) is 24.2 Å². The number of ether oxygens (including phenoxy) is 1. The summed E-state index contributed by atoms with van der Waals surface area (Å²) >= 11 is 0. The van der Waals surface area contributed by atoms with E-state index in [4.69, 9.17) is 4.74 Å². The summed E-state index contributed by atoms with van der Waals surface area (Å²) in [5, 5.41) is 4.67. The summed E-state index contributed by atoms with van der Waals surface area (Å²) in [5.74, 6) is 0.877. The standard InChI is InChI=1S/C17H24N2O/c1-3-7-15(18-11-4-2)13-20-16-10-5-8-14-9-6-12-19-17(14)16/h5-6,8-10,12,15,18H,3-4,7,11,13H2,1-2H3. The van der Waals surface area contributed by atoms with Gasteiger partial charge >= 0.3 is 0 Å². The number of aromatic nitrogens is 1. The van der Waals surface area contributed by atoms with Crippen molar-refractivity contribution in [2.24, 2.45) is 0 Å². The summed E-state index contributed by atoms with van der Waals surface area (Å²) in [4.78, 5) is 4.42. The second-order valence-corrected chi connectivity index (χ2v) is 5.08. The predicted molar refractivity (Wildman–Crippen MR) is 84.2 cm³/mol. The molecule has 1 unspecified atom stereocenters. The molecule has 0 fully saturated rings. The van der Waals surface area contributed by atoms with E-state index < -0.39 is 0 Å². The molecule has 2 rings (SSSR count). The normalized spacial score (nSPS) is 12.5. The lowest BCUT2D eigenvalue weighted by Crippen LogP contribution is -2.35. The maximum Gasteiger partial charge on any atom is 0.145 e. The van der Waals surface area contributed by atoms with Crippen LogP contribution in [0, 0.1) is 0 Å². The van der Waals surface area contributed by atoms with Crippen LogP contribution >= 0.6 is 0 Å². The van der Waals surface area contributed by atoms with Crippen molar-refractivity contribution in [1.29, 1.82) is 0 Å². The predicted octanol–water partition coefficient (Wildman–Crippen LogP) is 3.78. The number of pyridine rings is 1. The molecule has 1 aromatic heterocycles. The van der Waals surface area contributed by atoms with E-state index in [1.54, 1.807) is 0 Å². The lowest BCUT2D eigenvalue weighted by Gasteiger charge is -2.19. The van der Waals surface area contributed by atoms with Gasteiger partial charge in [0.2, 0.25) is 0 Å². The number of fused-ring (bicyclic) bond motifs is 1. The molecule has 0 spiro atoms. The van der Waals surface area contributed by atoms with Gasteiger partial charge in [-0.25, -0.2) is 0 Å². The lowest BCUT2D eigenvalue weighted by atomic mass is 10.1. The molecule has 20 heavy (non-hydrogen) atoms. The maximum atomic E-state index is 6.01. The summed E-state index contributed by atoms with van der Waals surface area (Å²) in [6.07, 6.45) is 5.26. The van der Waals surface area contributed by atoms with Crippen LogP contribution in [0.25, 0.3) is 10.9 Å². The largest absolute Gasteiger partial charge is 0.490 e. The number of nitrogens with zero attached hydrogens (tertiary/aromatic N) is 1. The van der Waals surface area contributed by atoms with Gasteiger partial charge in [0.15, 0.2) is 0 Å². The average Bonchev–Trinajstić information content (AvgIpc) is 2.50. The first kappa shape index (κ1) is 14.8. The van der Waals surface area contributed by atoms with Gasteiger partial charge in [0, 0.05) is 17.6 Å². The minimum atomic E-state index is 0.416. The van der Waals surface area contributed by atoms with Crippen molar-refractivity contribution >= 4 is 10.9 Å². The van der Waals surface area contributed by atoms with E-state index in [0.29, 0.717) is 12.6 Å². The molecule has 1 aromatic carbocycles. The third kappa shape index (κ3) is 3.94. The van der Waals surface area contributed by atoms with Crippen LogP contribution in [0.5, 0.6) is 5.75 Å². The van der Waals surface area contributed by atoms with Crippen molar-refractivity contribution in [2.45, 2.75) is 39.2 Å². The third-order valence-corrected chi connectivity index (χ3v) is 3.36. The highest BCUT2D eigenvalue weighted by molar-refractivity contribution is 5.84. The van der Waals surface area contributed by atoms with E-state index in [1.807, 2.05) is 24.4 Å². The Labute approximate surface area is 121 Å². The molecule has 108 valence electrons. The van der Waals surface area contributed by atoms with E-state index in [2.05, 4.69) is 36.3 Å². The molecule has 0 radical (unpaired) electrons. The Kier molecular flexibility index (Phi) is 5.81. The molecule has 0 aliphatic rings. The first-order chi connectivity index (χ1) is 9.85. The molecule has 0 saturated heterocycles. The summed E-state index contributed by atoms with van der Waals surface area (Å²) in [6, 6.07) is 10.5. The van der Waals surface area contributed by atoms with Gasteiger partial charge in [-0.3, -0.25) is 4.98 Å². The van der Waals surface area contributed by atoms with E-state index in [0.717, 1.165) is 36.0 Å². The van der Waals surface area contributed by atoms with Gasteiger partial charge in [0.1, 0.15) is 17.9 Å². The topological polar surface area (TPSA) is 34.1 Å². The molecule has 0 aliphatic heterocycles. The SMILES string of the molecule is CCCNC(CCC)COc1cccc2cccnc12. The summed E-state index contributed by atoms with van der Waals surface area (Å²) in [5.41, 5.74) is 0.945. The zero-order valence-corrected chi connectivity index (χ0v) is 12.4. The Morgan fingerprint density at radius 2 is 2.00 bits per heavy atom. The zero-order valence-electron chi connectivity index (χ0n) is 12.4. The van der Waals surface area contributed by atoms with Gasteiger partial charge in [-0.1, -0.05) is 38.5 Å². The van der Waals surface area contributed by atoms with Crippen molar-refractivity contribution in [2.75, 3.05) is 13.2 Å². The van der Waals surface area contributed by atoms with Crippen LogP contribution in [-0.2, 0) is 0 Å². The second-order valence-electron chi connectivity index (χ2n) is 5.08. The van der Waals surface area contributed by atoms with Gasteiger partial charge in [0.05, 0.1) is 0 Å². The van der Waals surface area contributed by atoms with Crippen molar-refractivity contribution in [3.8, 4) is 5.75 Å². The second kappa shape index (κ2) is 7.85. The molecule has 3 nitrogen and oxygen atoms in total. The molecule has 3 heteroatoms.